The van der Waals surface area contributed by atoms with Crippen LogP contribution in [0.25, 0.3) is 0 Å². The lowest BCUT2D eigenvalue weighted by Crippen LogP contribution is -2.71. The summed E-state index contributed by atoms with van der Waals surface area (Å²) in [5.41, 5.74) is 1.05. The quantitative estimate of drug-likeness (QED) is 0.242. The maximum Gasteiger partial charge on any atom is 0.327 e. The highest BCUT2D eigenvalue weighted by Crippen LogP contribution is 2.50. The number of thiocarbonyl (C=S) groups is 1. The van der Waals surface area contributed by atoms with Gasteiger partial charge >= 0.3 is 5.97 Å². The van der Waals surface area contributed by atoms with Crippen LogP contribution in [-0.4, -0.2) is 63.5 Å². The van der Waals surface area contributed by atoms with Crippen molar-refractivity contribution in [3.05, 3.63) is 60.2 Å². The van der Waals surface area contributed by atoms with E-state index < -0.39 is 56.1 Å². The third-order valence-electron chi connectivity index (χ3n) is 6.08. The number of amides is 2. The number of sulfonamides is 1. The Labute approximate surface area is 223 Å². The van der Waals surface area contributed by atoms with E-state index in [-0.39, 0.29) is 10.0 Å². The van der Waals surface area contributed by atoms with Gasteiger partial charge in [0.1, 0.15) is 23.5 Å². The van der Waals surface area contributed by atoms with Crippen LogP contribution in [-0.2, 0) is 24.4 Å². The number of carboxylic acid groups (broad SMARTS) is 1. The fraction of sp³-hybridized carbons (Fsp3) is 0.304. The third kappa shape index (κ3) is 5.42. The number of benzene rings is 2. The van der Waals surface area contributed by atoms with Crippen molar-refractivity contribution in [2.24, 2.45) is 5.14 Å². The summed E-state index contributed by atoms with van der Waals surface area (Å²) in [5.74, 6) is -2.06. The molecule has 6 N–H and O–H groups in total. The lowest BCUT2D eigenvalue weighted by Gasteiger charge is -2.44. The molecule has 2 aliphatic rings. The van der Waals surface area contributed by atoms with Gasteiger partial charge in [-0.15, -0.1) is 11.8 Å². The van der Waals surface area contributed by atoms with Crippen molar-refractivity contribution in [2.75, 3.05) is 5.32 Å². The number of carbonyl (C=O) groups is 3. The number of nitrogens with one attached hydrogen (secondary N) is 3. The minimum Gasteiger partial charge on any atom is -0.480 e. The van der Waals surface area contributed by atoms with E-state index in [0.717, 1.165) is 0 Å². The Kier molecular flexibility index (Phi) is 7.21. The number of hydrogen-bond acceptors (Lipinski definition) is 7. The third-order valence-corrected chi connectivity index (χ3v) is 8.80. The Balaban J connectivity index is 1.48. The van der Waals surface area contributed by atoms with Crippen LogP contribution in [0.15, 0.2) is 59.5 Å². The van der Waals surface area contributed by atoms with Gasteiger partial charge in [0.15, 0.2) is 5.11 Å². The van der Waals surface area contributed by atoms with Gasteiger partial charge in [0.25, 0.3) is 0 Å². The molecule has 11 nitrogen and oxygen atoms in total. The molecule has 2 aromatic rings. The molecule has 0 saturated carbocycles. The largest absolute Gasteiger partial charge is 0.480 e. The molecule has 196 valence electrons. The van der Waals surface area contributed by atoms with Crippen LogP contribution < -0.4 is 21.1 Å². The van der Waals surface area contributed by atoms with Crippen LogP contribution in [0.3, 0.4) is 0 Å². The fourth-order valence-electron chi connectivity index (χ4n) is 4.35. The van der Waals surface area contributed by atoms with Crippen molar-refractivity contribution in [1.29, 1.82) is 0 Å². The molecule has 0 aromatic heterocycles. The molecule has 0 aliphatic carbocycles. The average Bonchev–Trinajstić information content (AvgIpc) is 3.09. The van der Waals surface area contributed by atoms with Crippen molar-refractivity contribution in [2.45, 2.75) is 47.0 Å². The number of carbonyl (C=O) groups excluding carboxylic acids is 2. The van der Waals surface area contributed by atoms with Crippen LogP contribution in [0, 0.1) is 0 Å². The van der Waals surface area contributed by atoms with Crippen LogP contribution in [0.4, 0.5) is 5.69 Å². The van der Waals surface area contributed by atoms with Crippen LogP contribution in [0.2, 0.25) is 0 Å². The van der Waals surface area contributed by atoms with E-state index in [0.29, 0.717) is 11.3 Å². The smallest absolute Gasteiger partial charge is 0.327 e. The van der Waals surface area contributed by atoms with Gasteiger partial charge in [0.2, 0.25) is 21.8 Å². The Morgan fingerprint density at radius 2 is 1.76 bits per heavy atom. The molecule has 2 heterocycles. The number of thioether (sulfide) groups is 1. The second-order valence-corrected chi connectivity index (χ2v) is 12.8. The summed E-state index contributed by atoms with van der Waals surface area (Å²) in [6, 6.07) is 11.5. The van der Waals surface area contributed by atoms with E-state index in [1.165, 1.54) is 40.9 Å². The minimum atomic E-state index is -3.84. The maximum absolute atomic E-state index is 13.4. The van der Waals surface area contributed by atoms with Crippen molar-refractivity contribution in [3.63, 3.8) is 0 Å². The Bertz CT molecular complexity index is 1350. The molecular weight excluding hydrogens is 538 g/mol. The zero-order valence-corrected chi connectivity index (χ0v) is 22.2. The second-order valence-electron chi connectivity index (χ2n) is 9.10. The van der Waals surface area contributed by atoms with Gasteiger partial charge in [-0.05, 0) is 55.9 Å². The highest BCUT2D eigenvalue weighted by Gasteiger charge is 2.64. The summed E-state index contributed by atoms with van der Waals surface area (Å²) in [6.07, 6.45) is 0. The summed E-state index contributed by atoms with van der Waals surface area (Å²) in [6.45, 7) is 3.52. The predicted molar refractivity (Wildman–Crippen MR) is 142 cm³/mol. The molecule has 0 spiro atoms. The second kappa shape index (κ2) is 9.93. The number of nitrogens with two attached hydrogens (primary N) is 1. The van der Waals surface area contributed by atoms with Gasteiger partial charge in [-0.1, -0.05) is 30.3 Å². The number of anilines is 1. The first-order chi connectivity index (χ1) is 17.3. The van der Waals surface area contributed by atoms with Crippen LogP contribution in [0.1, 0.15) is 25.5 Å². The normalized spacial score (nSPS) is 22.8. The number of carboxylic acids is 1. The van der Waals surface area contributed by atoms with Crippen molar-refractivity contribution >= 4 is 62.6 Å². The topological polar surface area (TPSA) is 171 Å². The molecule has 2 amide bonds. The molecule has 2 fully saturated rings. The van der Waals surface area contributed by atoms with Gasteiger partial charge in [-0.25, -0.2) is 18.4 Å². The zero-order chi connectivity index (χ0) is 27.1. The van der Waals surface area contributed by atoms with Gasteiger partial charge in [-0.3, -0.25) is 9.59 Å². The number of primary sulfonamides is 1. The summed E-state index contributed by atoms with van der Waals surface area (Å²) in [4.78, 5) is 39.2. The van der Waals surface area contributed by atoms with Gasteiger partial charge in [0, 0.05) is 10.4 Å². The van der Waals surface area contributed by atoms with E-state index in [1.807, 2.05) is 0 Å². The molecule has 2 aromatic carbocycles. The van der Waals surface area contributed by atoms with E-state index in [2.05, 4.69) is 16.0 Å². The molecule has 2 saturated heterocycles. The summed E-state index contributed by atoms with van der Waals surface area (Å²) in [5, 5.41) is 22.9. The maximum atomic E-state index is 13.4. The molecule has 0 bridgehead atoms. The number of hydrogen-bond donors (Lipinski definition) is 5. The molecule has 0 radical (unpaired) electrons. The predicted octanol–water partition coefficient (Wildman–Crippen LogP) is 0.993. The van der Waals surface area contributed by atoms with Crippen LogP contribution in [0.5, 0.6) is 0 Å². The number of rotatable bonds is 7. The highest BCUT2D eigenvalue weighted by atomic mass is 32.2. The van der Waals surface area contributed by atoms with Gasteiger partial charge in [-0.2, -0.15) is 0 Å². The standard InChI is InChI=1S/C23H25N5O6S3/c1-23(2)17(21(31)32)28-19(30)16(20(28)36-23)26-18(29)15(12-6-4-3-5-7-12)27-22(35)25-13-8-10-14(11-9-13)37(24,33)34/h3-11,15-17,20H,1-2H3,(H,26,29)(H,31,32)(H2,24,33,34)(H2,25,27,35)/t15-,16-,17+,20-/m1/s1. The average molecular weight is 564 g/mol. The SMILES string of the molecule is CC1(C)S[C@@H]2[C@H](NC(=O)[C@H](NC(=S)Nc3ccc(S(N)(=O)=O)cc3)c3ccccc3)C(=O)N2[C@H]1C(=O)O. The Morgan fingerprint density at radius 3 is 2.32 bits per heavy atom. The monoisotopic (exact) mass is 563 g/mol. The number of aliphatic carboxylic acids is 1. The first kappa shape index (κ1) is 26.9. The van der Waals surface area contributed by atoms with Gasteiger partial charge in [0.05, 0.1) is 4.90 Å². The molecular formula is C23H25N5O6S3. The Hall–Kier alpha value is -3.20. The van der Waals surface area contributed by atoms with Crippen LogP contribution >= 0.6 is 24.0 Å². The summed E-state index contributed by atoms with van der Waals surface area (Å²) < 4.78 is 22.2. The van der Waals surface area contributed by atoms with E-state index in [9.17, 15) is 27.9 Å². The lowest BCUT2D eigenvalue weighted by molar-refractivity contribution is -0.161. The van der Waals surface area contributed by atoms with Gasteiger partial charge < -0.3 is 26.0 Å². The van der Waals surface area contributed by atoms with Crippen molar-refractivity contribution < 1.29 is 27.9 Å². The summed E-state index contributed by atoms with van der Waals surface area (Å²) in [7, 11) is -3.84. The highest BCUT2D eigenvalue weighted by molar-refractivity contribution is 8.01. The molecule has 4 rings (SSSR count). The van der Waals surface area contributed by atoms with E-state index in [4.69, 9.17) is 17.4 Å². The first-order valence-electron chi connectivity index (χ1n) is 11.1. The zero-order valence-electron chi connectivity index (χ0n) is 19.7. The first-order valence-corrected chi connectivity index (χ1v) is 13.9. The van der Waals surface area contributed by atoms with Crippen molar-refractivity contribution in [3.8, 4) is 0 Å². The molecule has 4 atom stereocenters. The van der Waals surface area contributed by atoms with E-state index >= 15 is 0 Å². The number of β-lactam (4-membered cyclic amide) rings is 1. The Morgan fingerprint density at radius 1 is 1.14 bits per heavy atom. The molecule has 37 heavy (non-hydrogen) atoms. The summed E-state index contributed by atoms with van der Waals surface area (Å²) >= 11 is 6.71. The molecule has 14 heteroatoms. The number of fused-ring (bicyclic) bond motifs is 1. The lowest BCUT2D eigenvalue weighted by atomic mass is 9.95. The number of nitrogens with zero attached hydrogens (tertiary/aromatic N) is 1. The minimum absolute atomic E-state index is 0.0595. The molecule has 2 aliphatic heterocycles. The van der Waals surface area contributed by atoms with Crippen molar-refractivity contribution in [1.82, 2.24) is 15.5 Å². The molecule has 0 unspecified atom stereocenters. The van der Waals surface area contributed by atoms with E-state index in [1.54, 1.807) is 44.2 Å². The fourth-order valence-corrected chi connectivity index (χ4v) is 6.73.